The van der Waals surface area contributed by atoms with Gasteiger partial charge in [-0.25, -0.2) is 0 Å². The van der Waals surface area contributed by atoms with E-state index in [0.717, 1.165) is 19.0 Å². The molecular weight excluding hydrogens is 354 g/mol. The number of halogens is 1. The van der Waals surface area contributed by atoms with E-state index in [1.165, 1.54) is 17.7 Å². The van der Waals surface area contributed by atoms with Gasteiger partial charge in [0.25, 0.3) is 5.91 Å². The molecule has 2 aromatic heterocycles. The van der Waals surface area contributed by atoms with Crippen molar-refractivity contribution in [3.63, 3.8) is 0 Å². The molecule has 1 atom stereocenters. The summed E-state index contributed by atoms with van der Waals surface area (Å²) in [6.07, 6.45) is 4.05. The number of rotatable bonds is 5. The number of thiophene rings is 1. The lowest BCUT2D eigenvalue weighted by atomic mass is 9.97. The van der Waals surface area contributed by atoms with E-state index >= 15 is 0 Å². The molecule has 1 N–H and O–H groups in total. The van der Waals surface area contributed by atoms with Crippen LogP contribution in [-0.4, -0.2) is 35.4 Å². The first-order valence-electron chi connectivity index (χ1n) is 8.73. The topological polar surface area (TPSA) is 45.2 Å². The Balaban J connectivity index is 1.72. The van der Waals surface area contributed by atoms with Crippen LogP contribution in [0.5, 0.6) is 0 Å². The third-order valence-electron chi connectivity index (χ3n) is 4.90. The maximum atomic E-state index is 12.6. The van der Waals surface area contributed by atoms with E-state index in [1.807, 2.05) is 6.92 Å². The fraction of sp³-hybridized carbons (Fsp3) is 0.474. The average Bonchev–Trinajstić information content (AvgIpc) is 3.11. The summed E-state index contributed by atoms with van der Waals surface area (Å²) < 4.78 is 0. The van der Waals surface area contributed by atoms with Crippen LogP contribution in [0.2, 0.25) is 5.02 Å². The highest BCUT2D eigenvalue weighted by molar-refractivity contribution is 7.10. The molecule has 2 aromatic rings. The van der Waals surface area contributed by atoms with Gasteiger partial charge in [-0.2, -0.15) is 0 Å². The number of carbonyl (C=O) groups excluding carboxylic acids is 1. The summed E-state index contributed by atoms with van der Waals surface area (Å²) in [6, 6.07) is 6.10. The SMILES string of the molecule is Cc1nccc(Cl)c1C(=O)NCC(c1cccs1)N1CCC(C)CC1. The van der Waals surface area contributed by atoms with Gasteiger partial charge in [-0.3, -0.25) is 14.7 Å². The molecule has 4 nitrogen and oxygen atoms in total. The zero-order valence-electron chi connectivity index (χ0n) is 14.7. The van der Waals surface area contributed by atoms with E-state index in [0.29, 0.717) is 22.8 Å². The molecule has 0 saturated carbocycles. The summed E-state index contributed by atoms with van der Waals surface area (Å²) in [5.74, 6) is 0.634. The van der Waals surface area contributed by atoms with Gasteiger partial charge in [0.1, 0.15) is 0 Å². The van der Waals surface area contributed by atoms with E-state index in [4.69, 9.17) is 11.6 Å². The summed E-state index contributed by atoms with van der Waals surface area (Å²) in [6.45, 7) is 6.85. The molecule has 25 heavy (non-hydrogen) atoms. The lowest BCUT2D eigenvalue weighted by Crippen LogP contribution is -2.41. The molecule has 1 unspecified atom stereocenters. The Bertz CT molecular complexity index is 691. The Morgan fingerprint density at radius 1 is 1.44 bits per heavy atom. The van der Waals surface area contributed by atoms with Crippen LogP contribution < -0.4 is 5.32 Å². The normalized spacial score (nSPS) is 17.4. The monoisotopic (exact) mass is 377 g/mol. The van der Waals surface area contributed by atoms with Crippen molar-refractivity contribution in [3.8, 4) is 0 Å². The standard InChI is InChI=1S/C19H24ClN3OS/c1-13-6-9-23(10-7-13)16(17-4-3-11-25-17)12-22-19(24)18-14(2)21-8-5-15(18)20/h3-5,8,11,13,16H,6-7,9-10,12H2,1-2H3,(H,22,24). The molecule has 1 saturated heterocycles. The number of aryl methyl sites for hydroxylation is 1. The number of piperidine rings is 1. The minimum absolute atomic E-state index is 0.150. The van der Waals surface area contributed by atoms with E-state index in [1.54, 1.807) is 23.6 Å². The van der Waals surface area contributed by atoms with Gasteiger partial charge >= 0.3 is 0 Å². The Morgan fingerprint density at radius 3 is 2.84 bits per heavy atom. The zero-order valence-corrected chi connectivity index (χ0v) is 16.2. The fourth-order valence-electron chi connectivity index (χ4n) is 3.32. The summed E-state index contributed by atoms with van der Waals surface area (Å²) in [5, 5.41) is 5.62. The molecule has 0 spiro atoms. The molecule has 0 aliphatic carbocycles. The molecule has 3 heterocycles. The quantitative estimate of drug-likeness (QED) is 0.844. The van der Waals surface area contributed by atoms with Crippen molar-refractivity contribution in [2.75, 3.05) is 19.6 Å². The highest BCUT2D eigenvalue weighted by Crippen LogP contribution is 2.29. The van der Waals surface area contributed by atoms with Gasteiger partial charge in [0, 0.05) is 17.6 Å². The molecule has 0 aromatic carbocycles. The summed E-state index contributed by atoms with van der Waals surface area (Å²) in [4.78, 5) is 20.6. The number of nitrogens with zero attached hydrogens (tertiary/aromatic N) is 2. The Morgan fingerprint density at radius 2 is 2.20 bits per heavy atom. The maximum Gasteiger partial charge on any atom is 0.254 e. The zero-order chi connectivity index (χ0) is 17.8. The summed E-state index contributed by atoms with van der Waals surface area (Å²) in [7, 11) is 0. The smallest absolute Gasteiger partial charge is 0.254 e. The minimum atomic E-state index is -0.150. The van der Waals surface area contributed by atoms with Gasteiger partial charge in [0.2, 0.25) is 0 Å². The first kappa shape index (κ1) is 18.4. The van der Waals surface area contributed by atoms with Crippen molar-refractivity contribution in [2.24, 2.45) is 5.92 Å². The molecule has 1 amide bonds. The predicted octanol–water partition coefficient (Wildman–Crippen LogP) is 4.31. The van der Waals surface area contributed by atoms with Gasteiger partial charge in [-0.05, 0) is 56.3 Å². The first-order valence-corrected chi connectivity index (χ1v) is 9.98. The highest BCUT2D eigenvalue weighted by atomic mass is 35.5. The fourth-order valence-corrected chi connectivity index (χ4v) is 4.46. The van der Waals surface area contributed by atoms with Crippen LogP contribution in [0.4, 0.5) is 0 Å². The number of aromatic nitrogens is 1. The Labute approximate surface area is 158 Å². The molecule has 0 radical (unpaired) electrons. The van der Waals surface area contributed by atoms with Crippen molar-refractivity contribution in [1.29, 1.82) is 0 Å². The number of likely N-dealkylation sites (tertiary alicyclic amines) is 1. The lowest BCUT2D eigenvalue weighted by Gasteiger charge is -2.36. The van der Waals surface area contributed by atoms with E-state index in [-0.39, 0.29) is 11.9 Å². The molecular formula is C19H24ClN3OS. The van der Waals surface area contributed by atoms with E-state index in [2.05, 4.69) is 39.6 Å². The largest absolute Gasteiger partial charge is 0.350 e. The predicted molar refractivity (Wildman–Crippen MR) is 103 cm³/mol. The molecule has 0 bridgehead atoms. The summed E-state index contributed by atoms with van der Waals surface area (Å²) >= 11 is 7.94. The molecule has 3 rings (SSSR count). The first-order chi connectivity index (χ1) is 12.1. The van der Waals surface area contributed by atoms with Crippen molar-refractivity contribution in [3.05, 3.63) is 50.9 Å². The van der Waals surface area contributed by atoms with Crippen LogP contribution >= 0.6 is 22.9 Å². The van der Waals surface area contributed by atoms with E-state index < -0.39 is 0 Å². The van der Waals surface area contributed by atoms with Gasteiger partial charge in [0.15, 0.2) is 0 Å². The maximum absolute atomic E-state index is 12.6. The van der Waals surface area contributed by atoms with Crippen molar-refractivity contribution >= 4 is 28.8 Å². The number of hydrogen-bond donors (Lipinski definition) is 1. The van der Waals surface area contributed by atoms with Crippen LogP contribution in [0, 0.1) is 12.8 Å². The Hall–Kier alpha value is -1.43. The van der Waals surface area contributed by atoms with Crippen LogP contribution in [0.3, 0.4) is 0 Å². The number of carbonyl (C=O) groups is 1. The van der Waals surface area contributed by atoms with Gasteiger partial charge in [-0.15, -0.1) is 11.3 Å². The minimum Gasteiger partial charge on any atom is -0.350 e. The van der Waals surface area contributed by atoms with Gasteiger partial charge in [-0.1, -0.05) is 24.6 Å². The number of pyridine rings is 1. The average molecular weight is 378 g/mol. The van der Waals surface area contributed by atoms with Crippen molar-refractivity contribution < 1.29 is 4.79 Å². The Kier molecular flexibility index (Phi) is 6.10. The van der Waals surface area contributed by atoms with Crippen molar-refractivity contribution in [1.82, 2.24) is 15.2 Å². The second-order valence-electron chi connectivity index (χ2n) is 6.71. The highest BCUT2D eigenvalue weighted by Gasteiger charge is 2.26. The number of hydrogen-bond acceptors (Lipinski definition) is 4. The van der Waals surface area contributed by atoms with E-state index in [9.17, 15) is 4.79 Å². The molecule has 134 valence electrons. The lowest BCUT2D eigenvalue weighted by molar-refractivity contribution is 0.0914. The van der Waals surface area contributed by atoms with Crippen molar-refractivity contribution in [2.45, 2.75) is 32.7 Å². The molecule has 6 heteroatoms. The van der Waals surface area contributed by atoms with Gasteiger partial charge < -0.3 is 5.32 Å². The van der Waals surface area contributed by atoms with Crippen LogP contribution in [-0.2, 0) is 0 Å². The van der Waals surface area contributed by atoms with Crippen LogP contribution in [0.25, 0.3) is 0 Å². The third-order valence-corrected chi connectivity index (χ3v) is 6.19. The van der Waals surface area contributed by atoms with Crippen LogP contribution in [0.15, 0.2) is 29.8 Å². The second-order valence-corrected chi connectivity index (χ2v) is 8.10. The summed E-state index contributed by atoms with van der Waals surface area (Å²) in [5.41, 5.74) is 1.13. The van der Waals surface area contributed by atoms with Gasteiger partial charge in [0.05, 0.1) is 22.3 Å². The van der Waals surface area contributed by atoms with Crippen LogP contribution in [0.1, 0.15) is 46.7 Å². The third kappa shape index (κ3) is 4.40. The molecule has 1 aliphatic rings. The molecule has 1 fully saturated rings. The molecule has 1 aliphatic heterocycles. The second kappa shape index (κ2) is 8.30. The number of amides is 1. The number of nitrogens with one attached hydrogen (secondary N) is 1.